The predicted octanol–water partition coefficient (Wildman–Crippen LogP) is 4.33. The lowest BCUT2D eigenvalue weighted by Gasteiger charge is -2.39. The molecular weight excluding hydrogens is 278 g/mol. The standard InChI is InChI=1S/C15H20ClNOS/c1-15(2)8-4-3-5-13(15)17-14(18)11-9-10(19)6-7-12(11)16/h6-7,9,13,19H,3-5,8H2,1-2H3,(H,17,18). The van der Waals surface area contributed by atoms with Crippen molar-refractivity contribution in [3.8, 4) is 0 Å². The lowest BCUT2D eigenvalue weighted by molar-refractivity contribution is 0.0853. The topological polar surface area (TPSA) is 29.1 Å². The predicted molar refractivity (Wildman–Crippen MR) is 82.2 cm³/mol. The van der Waals surface area contributed by atoms with Crippen LogP contribution in [0.15, 0.2) is 23.1 Å². The molecule has 1 aromatic rings. The van der Waals surface area contributed by atoms with E-state index in [4.69, 9.17) is 11.6 Å². The number of halogens is 1. The maximum absolute atomic E-state index is 12.3. The Balaban J connectivity index is 2.14. The van der Waals surface area contributed by atoms with E-state index in [1.807, 2.05) is 0 Å². The molecule has 0 saturated heterocycles. The molecule has 1 aliphatic carbocycles. The summed E-state index contributed by atoms with van der Waals surface area (Å²) in [5, 5.41) is 3.61. The first kappa shape index (κ1) is 14.7. The molecule has 0 aliphatic heterocycles. The Morgan fingerprint density at radius 3 is 2.84 bits per heavy atom. The van der Waals surface area contributed by atoms with Crippen molar-refractivity contribution in [2.24, 2.45) is 5.41 Å². The fraction of sp³-hybridized carbons (Fsp3) is 0.533. The summed E-state index contributed by atoms with van der Waals surface area (Å²) >= 11 is 10.3. The molecule has 0 spiro atoms. The highest BCUT2D eigenvalue weighted by Crippen LogP contribution is 2.35. The maximum atomic E-state index is 12.3. The smallest absolute Gasteiger partial charge is 0.253 e. The van der Waals surface area contributed by atoms with E-state index in [0.29, 0.717) is 10.6 Å². The van der Waals surface area contributed by atoms with E-state index in [2.05, 4.69) is 31.8 Å². The lowest BCUT2D eigenvalue weighted by atomic mass is 9.73. The van der Waals surface area contributed by atoms with Crippen molar-refractivity contribution in [1.29, 1.82) is 0 Å². The first-order valence-electron chi connectivity index (χ1n) is 6.69. The molecule has 1 fully saturated rings. The van der Waals surface area contributed by atoms with Crippen LogP contribution in [0, 0.1) is 5.41 Å². The summed E-state index contributed by atoms with van der Waals surface area (Å²) < 4.78 is 0. The van der Waals surface area contributed by atoms with Gasteiger partial charge in [0.15, 0.2) is 0 Å². The van der Waals surface area contributed by atoms with E-state index < -0.39 is 0 Å². The molecule has 2 nitrogen and oxygen atoms in total. The Bertz CT molecular complexity index is 487. The zero-order valence-corrected chi connectivity index (χ0v) is 13.0. The zero-order chi connectivity index (χ0) is 14.0. The molecule has 1 saturated carbocycles. The third-order valence-corrected chi connectivity index (χ3v) is 4.61. The Kier molecular flexibility index (Phi) is 4.46. The molecule has 0 aromatic heterocycles. The number of rotatable bonds is 2. The van der Waals surface area contributed by atoms with E-state index in [1.54, 1.807) is 18.2 Å². The van der Waals surface area contributed by atoms with Crippen LogP contribution in [0.25, 0.3) is 0 Å². The highest BCUT2D eigenvalue weighted by molar-refractivity contribution is 7.80. The second-order valence-corrected chi connectivity index (χ2v) is 6.85. The van der Waals surface area contributed by atoms with Gasteiger partial charge in [-0.25, -0.2) is 0 Å². The first-order valence-corrected chi connectivity index (χ1v) is 7.52. The maximum Gasteiger partial charge on any atom is 0.253 e. The molecule has 1 N–H and O–H groups in total. The molecule has 19 heavy (non-hydrogen) atoms. The third-order valence-electron chi connectivity index (χ3n) is 4.01. The summed E-state index contributed by atoms with van der Waals surface area (Å²) in [6.45, 7) is 4.43. The summed E-state index contributed by atoms with van der Waals surface area (Å²) in [7, 11) is 0. The van der Waals surface area contributed by atoms with Gasteiger partial charge in [-0.15, -0.1) is 12.6 Å². The van der Waals surface area contributed by atoms with Crippen molar-refractivity contribution in [3.05, 3.63) is 28.8 Å². The van der Waals surface area contributed by atoms with Crippen LogP contribution in [0.2, 0.25) is 5.02 Å². The zero-order valence-electron chi connectivity index (χ0n) is 11.4. The fourth-order valence-electron chi connectivity index (χ4n) is 2.68. The Labute approximate surface area is 125 Å². The number of thiol groups is 1. The average molecular weight is 298 g/mol. The fourth-order valence-corrected chi connectivity index (χ4v) is 3.09. The molecule has 1 aliphatic rings. The Morgan fingerprint density at radius 2 is 2.16 bits per heavy atom. The first-order chi connectivity index (χ1) is 8.90. The van der Waals surface area contributed by atoms with Crippen LogP contribution in [0.5, 0.6) is 0 Å². The summed E-state index contributed by atoms with van der Waals surface area (Å²) in [4.78, 5) is 13.1. The minimum atomic E-state index is -0.0964. The van der Waals surface area contributed by atoms with Gasteiger partial charge in [0, 0.05) is 10.9 Å². The molecule has 1 atom stereocenters. The van der Waals surface area contributed by atoms with Crippen LogP contribution in [-0.2, 0) is 0 Å². The monoisotopic (exact) mass is 297 g/mol. The van der Waals surface area contributed by atoms with Crippen molar-refractivity contribution in [1.82, 2.24) is 5.32 Å². The molecular formula is C15H20ClNOS. The van der Waals surface area contributed by atoms with Crippen molar-refractivity contribution in [3.63, 3.8) is 0 Å². The van der Waals surface area contributed by atoms with Crippen molar-refractivity contribution in [2.75, 3.05) is 0 Å². The van der Waals surface area contributed by atoms with E-state index in [1.165, 1.54) is 12.8 Å². The van der Waals surface area contributed by atoms with Crippen LogP contribution in [0.3, 0.4) is 0 Å². The molecule has 2 rings (SSSR count). The van der Waals surface area contributed by atoms with Crippen molar-refractivity contribution < 1.29 is 4.79 Å². The van der Waals surface area contributed by atoms with Gasteiger partial charge >= 0.3 is 0 Å². The van der Waals surface area contributed by atoms with Gasteiger partial charge in [-0.3, -0.25) is 4.79 Å². The highest BCUT2D eigenvalue weighted by atomic mass is 35.5. The number of carbonyl (C=O) groups excluding carboxylic acids is 1. The number of benzene rings is 1. The van der Waals surface area contributed by atoms with Crippen molar-refractivity contribution >= 4 is 30.1 Å². The van der Waals surface area contributed by atoms with Gasteiger partial charge in [0.2, 0.25) is 0 Å². The molecule has 0 heterocycles. The highest BCUT2D eigenvalue weighted by Gasteiger charge is 2.33. The van der Waals surface area contributed by atoms with Crippen LogP contribution in [-0.4, -0.2) is 11.9 Å². The Hall–Kier alpha value is -0.670. The van der Waals surface area contributed by atoms with Gasteiger partial charge < -0.3 is 5.32 Å². The summed E-state index contributed by atoms with van der Waals surface area (Å²) in [6.07, 6.45) is 4.61. The van der Waals surface area contributed by atoms with Gasteiger partial charge in [0.25, 0.3) is 5.91 Å². The summed E-state index contributed by atoms with van der Waals surface area (Å²) in [5.41, 5.74) is 0.662. The lowest BCUT2D eigenvalue weighted by Crippen LogP contribution is -2.46. The number of hydrogen-bond donors (Lipinski definition) is 2. The summed E-state index contributed by atoms with van der Waals surface area (Å²) in [6, 6.07) is 5.43. The second kappa shape index (κ2) is 5.76. The van der Waals surface area contributed by atoms with E-state index in [-0.39, 0.29) is 17.4 Å². The van der Waals surface area contributed by atoms with Crippen LogP contribution < -0.4 is 5.32 Å². The third kappa shape index (κ3) is 3.46. The minimum Gasteiger partial charge on any atom is -0.349 e. The van der Waals surface area contributed by atoms with Gasteiger partial charge in [0.05, 0.1) is 10.6 Å². The Morgan fingerprint density at radius 1 is 1.42 bits per heavy atom. The molecule has 1 unspecified atom stereocenters. The van der Waals surface area contributed by atoms with Gasteiger partial charge in [-0.05, 0) is 36.5 Å². The largest absolute Gasteiger partial charge is 0.349 e. The molecule has 1 aromatic carbocycles. The van der Waals surface area contributed by atoms with Crippen LogP contribution in [0.4, 0.5) is 0 Å². The van der Waals surface area contributed by atoms with Gasteiger partial charge in [-0.1, -0.05) is 38.3 Å². The van der Waals surface area contributed by atoms with Gasteiger partial charge in [0.1, 0.15) is 0 Å². The van der Waals surface area contributed by atoms with E-state index in [0.717, 1.165) is 17.7 Å². The van der Waals surface area contributed by atoms with Crippen LogP contribution >= 0.6 is 24.2 Å². The number of hydrogen-bond acceptors (Lipinski definition) is 2. The molecule has 0 radical (unpaired) electrons. The van der Waals surface area contributed by atoms with E-state index >= 15 is 0 Å². The summed E-state index contributed by atoms with van der Waals surface area (Å²) in [5.74, 6) is -0.0964. The van der Waals surface area contributed by atoms with Crippen LogP contribution in [0.1, 0.15) is 49.9 Å². The quantitative estimate of drug-likeness (QED) is 0.782. The average Bonchev–Trinajstić information content (AvgIpc) is 2.34. The van der Waals surface area contributed by atoms with E-state index in [9.17, 15) is 4.79 Å². The number of carbonyl (C=O) groups is 1. The minimum absolute atomic E-state index is 0.0964. The van der Waals surface area contributed by atoms with Crippen molar-refractivity contribution in [2.45, 2.75) is 50.5 Å². The molecule has 104 valence electrons. The normalized spacial score (nSPS) is 22.0. The molecule has 0 bridgehead atoms. The molecule has 4 heteroatoms. The SMILES string of the molecule is CC1(C)CCCCC1NC(=O)c1cc(S)ccc1Cl. The number of nitrogens with one attached hydrogen (secondary N) is 1. The number of amides is 1. The van der Waals surface area contributed by atoms with Gasteiger partial charge in [-0.2, -0.15) is 0 Å². The molecule has 1 amide bonds. The second-order valence-electron chi connectivity index (χ2n) is 5.92.